The van der Waals surface area contributed by atoms with Crippen LogP contribution in [0.5, 0.6) is 0 Å². The number of hydrogen-bond acceptors (Lipinski definition) is 4. The van der Waals surface area contributed by atoms with Gasteiger partial charge in [-0.15, -0.1) is 0 Å². The van der Waals surface area contributed by atoms with Gasteiger partial charge in [0.25, 0.3) is 0 Å². The highest BCUT2D eigenvalue weighted by Crippen LogP contribution is 2.13. The van der Waals surface area contributed by atoms with Gasteiger partial charge < -0.3 is 4.74 Å². The third-order valence-electron chi connectivity index (χ3n) is 1.64. The third kappa shape index (κ3) is 4.44. The summed E-state index contributed by atoms with van der Waals surface area (Å²) in [6.45, 7) is 3.69. The Hall–Kier alpha value is -1.59. The summed E-state index contributed by atoms with van der Waals surface area (Å²) in [6, 6.07) is 1.97. The predicted octanol–water partition coefficient (Wildman–Crippen LogP) is 1.25. The second-order valence-electron chi connectivity index (χ2n) is 2.97. The molecule has 0 aromatic rings. The van der Waals surface area contributed by atoms with Crippen LogP contribution in [0.4, 0.5) is 0 Å². The Balaban J connectivity index is 4.25. The molecule has 0 aliphatic rings. The van der Waals surface area contributed by atoms with Crippen LogP contribution in [0, 0.1) is 17.2 Å². The molecule has 0 heterocycles. The van der Waals surface area contributed by atoms with E-state index in [0.717, 1.165) is 0 Å². The van der Waals surface area contributed by atoms with Crippen molar-refractivity contribution < 1.29 is 14.3 Å². The molecular weight excluding hydrogens is 182 g/mol. The lowest BCUT2D eigenvalue weighted by molar-refractivity contribution is -0.138. The summed E-state index contributed by atoms with van der Waals surface area (Å²) in [5.74, 6) is 0.900. The largest absolute Gasteiger partial charge is 0.462 e. The number of nitriles is 1. The lowest BCUT2D eigenvalue weighted by Crippen LogP contribution is -2.11. The second kappa shape index (κ2) is 6.88. The summed E-state index contributed by atoms with van der Waals surface area (Å²) in [5, 5.41) is 8.39. The summed E-state index contributed by atoms with van der Waals surface area (Å²) in [5.41, 5.74) is -0.0189. The SMILES string of the molecule is CCOC(=O)C(=C=O)CC(C)CC#N. The summed E-state index contributed by atoms with van der Waals surface area (Å²) < 4.78 is 4.65. The van der Waals surface area contributed by atoms with Crippen molar-refractivity contribution in [1.29, 1.82) is 5.26 Å². The van der Waals surface area contributed by atoms with E-state index in [2.05, 4.69) is 4.74 Å². The number of esters is 1. The summed E-state index contributed by atoms with van der Waals surface area (Å²) in [4.78, 5) is 21.5. The first-order chi connectivity index (χ1) is 6.65. The van der Waals surface area contributed by atoms with E-state index in [9.17, 15) is 9.59 Å². The smallest absolute Gasteiger partial charge is 0.345 e. The second-order valence-corrected chi connectivity index (χ2v) is 2.97. The van der Waals surface area contributed by atoms with Gasteiger partial charge in [0.15, 0.2) is 0 Å². The van der Waals surface area contributed by atoms with Crippen LogP contribution in [-0.4, -0.2) is 18.5 Å². The fourth-order valence-corrected chi connectivity index (χ4v) is 0.961. The summed E-state index contributed by atoms with van der Waals surface area (Å²) in [6.07, 6.45) is 0.556. The molecule has 0 aliphatic carbocycles. The van der Waals surface area contributed by atoms with Gasteiger partial charge in [0.05, 0.1) is 12.7 Å². The van der Waals surface area contributed by atoms with Crippen molar-refractivity contribution in [2.75, 3.05) is 6.61 Å². The molecule has 0 bridgehead atoms. The minimum atomic E-state index is -0.632. The van der Waals surface area contributed by atoms with Crippen LogP contribution < -0.4 is 0 Å². The van der Waals surface area contributed by atoms with E-state index in [-0.39, 0.29) is 24.5 Å². The fraction of sp³-hybridized carbons (Fsp3) is 0.600. The Bertz CT molecular complexity index is 284. The molecule has 4 heteroatoms. The zero-order valence-corrected chi connectivity index (χ0v) is 8.37. The standard InChI is InChI=1S/C10H13NO3/c1-3-14-10(13)9(7-12)6-8(2)4-5-11/h8H,3-4,6H2,1-2H3. The van der Waals surface area contributed by atoms with Gasteiger partial charge in [0.1, 0.15) is 11.5 Å². The summed E-state index contributed by atoms with van der Waals surface area (Å²) >= 11 is 0. The number of nitrogens with zero attached hydrogens (tertiary/aromatic N) is 1. The number of ether oxygens (including phenoxy) is 1. The summed E-state index contributed by atoms with van der Waals surface area (Å²) in [7, 11) is 0. The van der Waals surface area contributed by atoms with Crippen molar-refractivity contribution in [3.63, 3.8) is 0 Å². The average molecular weight is 195 g/mol. The van der Waals surface area contributed by atoms with Gasteiger partial charge in [-0.05, 0) is 19.3 Å². The van der Waals surface area contributed by atoms with Crippen molar-refractivity contribution in [2.24, 2.45) is 5.92 Å². The number of carbonyl (C=O) groups is 1. The van der Waals surface area contributed by atoms with Crippen LogP contribution in [-0.2, 0) is 14.3 Å². The van der Waals surface area contributed by atoms with Crippen molar-refractivity contribution in [3.8, 4) is 6.07 Å². The van der Waals surface area contributed by atoms with Gasteiger partial charge in [-0.1, -0.05) is 6.92 Å². The number of carbonyl (C=O) groups excluding carboxylic acids is 2. The number of hydrogen-bond donors (Lipinski definition) is 0. The van der Waals surface area contributed by atoms with Crippen molar-refractivity contribution >= 4 is 11.9 Å². The molecule has 0 aromatic heterocycles. The molecule has 0 aliphatic heterocycles. The average Bonchev–Trinajstić information content (AvgIpc) is 2.15. The fourth-order valence-electron chi connectivity index (χ4n) is 0.961. The van der Waals surface area contributed by atoms with Crippen LogP contribution in [0.25, 0.3) is 0 Å². The maximum atomic E-state index is 11.1. The van der Waals surface area contributed by atoms with Crippen LogP contribution in [0.15, 0.2) is 5.57 Å². The molecular formula is C10H13NO3. The minimum Gasteiger partial charge on any atom is -0.462 e. The molecule has 76 valence electrons. The van der Waals surface area contributed by atoms with E-state index in [1.54, 1.807) is 19.8 Å². The number of rotatable bonds is 5. The van der Waals surface area contributed by atoms with Crippen molar-refractivity contribution in [3.05, 3.63) is 5.57 Å². The monoisotopic (exact) mass is 195 g/mol. The van der Waals surface area contributed by atoms with Crippen LogP contribution in [0.2, 0.25) is 0 Å². The molecule has 1 atom stereocenters. The van der Waals surface area contributed by atoms with Gasteiger partial charge in [0.2, 0.25) is 0 Å². The highest BCUT2D eigenvalue weighted by Gasteiger charge is 2.15. The van der Waals surface area contributed by atoms with Crippen molar-refractivity contribution in [1.82, 2.24) is 0 Å². The highest BCUT2D eigenvalue weighted by molar-refractivity contribution is 5.96. The quantitative estimate of drug-likeness (QED) is 0.376. The molecule has 0 rings (SSSR count). The molecule has 4 nitrogen and oxygen atoms in total. The van der Waals surface area contributed by atoms with E-state index in [1.165, 1.54) is 0 Å². The molecule has 0 spiro atoms. The first-order valence-electron chi connectivity index (χ1n) is 4.43. The van der Waals surface area contributed by atoms with Gasteiger partial charge in [-0.25, -0.2) is 9.59 Å². The Morgan fingerprint density at radius 3 is 2.64 bits per heavy atom. The third-order valence-corrected chi connectivity index (χ3v) is 1.64. The highest BCUT2D eigenvalue weighted by atomic mass is 16.5. The zero-order chi connectivity index (χ0) is 11.0. The Labute approximate surface area is 83.2 Å². The normalized spacial score (nSPS) is 10.9. The van der Waals surface area contributed by atoms with Gasteiger partial charge in [-0.2, -0.15) is 5.26 Å². The molecule has 0 fully saturated rings. The molecule has 0 amide bonds. The Morgan fingerprint density at radius 1 is 1.57 bits per heavy atom. The van der Waals surface area contributed by atoms with E-state index in [1.807, 2.05) is 6.07 Å². The van der Waals surface area contributed by atoms with Crippen LogP contribution >= 0.6 is 0 Å². The first-order valence-corrected chi connectivity index (χ1v) is 4.43. The molecule has 0 N–H and O–H groups in total. The maximum absolute atomic E-state index is 11.1. The Morgan fingerprint density at radius 2 is 2.21 bits per heavy atom. The molecule has 14 heavy (non-hydrogen) atoms. The van der Waals surface area contributed by atoms with Crippen molar-refractivity contribution in [2.45, 2.75) is 26.7 Å². The lowest BCUT2D eigenvalue weighted by Gasteiger charge is -2.06. The van der Waals surface area contributed by atoms with E-state index >= 15 is 0 Å². The van der Waals surface area contributed by atoms with Gasteiger partial charge in [0, 0.05) is 6.42 Å². The topological polar surface area (TPSA) is 67.2 Å². The van der Waals surface area contributed by atoms with E-state index in [0.29, 0.717) is 6.42 Å². The lowest BCUT2D eigenvalue weighted by atomic mass is 10.00. The molecule has 1 unspecified atom stereocenters. The molecule has 0 saturated carbocycles. The maximum Gasteiger partial charge on any atom is 0.345 e. The molecule has 0 saturated heterocycles. The minimum absolute atomic E-state index is 0.0189. The molecule has 0 radical (unpaired) electrons. The van der Waals surface area contributed by atoms with Crippen LogP contribution in [0.1, 0.15) is 26.7 Å². The van der Waals surface area contributed by atoms with Crippen LogP contribution in [0.3, 0.4) is 0 Å². The van der Waals surface area contributed by atoms with E-state index in [4.69, 9.17) is 5.26 Å². The Kier molecular flexibility index (Phi) is 6.09. The zero-order valence-electron chi connectivity index (χ0n) is 8.37. The first kappa shape index (κ1) is 12.4. The van der Waals surface area contributed by atoms with Gasteiger partial charge in [-0.3, -0.25) is 0 Å². The van der Waals surface area contributed by atoms with Gasteiger partial charge >= 0.3 is 5.97 Å². The predicted molar refractivity (Wildman–Crippen MR) is 49.9 cm³/mol. The van der Waals surface area contributed by atoms with E-state index < -0.39 is 5.97 Å². The molecule has 0 aromatic carbocycles.